The van der Waals surface area contributed by atoms with Crippen LogP contribution in [-0.4, -0.2) is 39.4 Å². The van der Waals surface area contributed by atoms with Gasteiger partial charge in [-0.15, -0.1) is 0 Å². The van der Waals surface area contributed by atoms with E-state index in [4.69, 9.17) is 0 Å². The van der Waals surface area contributed by atoms with Gasteiger partial charge in [0.15, 0.2) is 0 Å². The summed E-state index contributed by atoms with van der Waals surface area (Å²) in [5.74, 6) is -0.256. The molecule has 1 fully saturated rings. The zero-order valence-corrected chi connectivity index (χ0v) is 18.6. The molecular formula is C23H26N6O4. The molecule has 0 saturated carbocycles. The molecule has 0 aliphatic carbocycles. The Morgan fingerprint density at radius 2 is 1.79 bits per heavy atom. The highest BCUT2D eigenvalue weighted by molar-refractivity contribution is 6.03. The van der Waals surface area contributed by atoms with E-state index in [1.54, 1.807) is 18.2 Å². The number of carbonyl (C=O) groups excluding carboxylic acids is 2. The summed E-state index contributed by atoms with van der Waals surface area (Å²) in [6.07, 6.45) is 3.09. The molecule has 0 spiro atoms. The van der Waals surface area contributed by atoms with Crippen molar-refractivity contribution in [1.82, 2.24) is 20.4 Å². The van der Waals surface area contributed by atoms with Crippen LogP contribution in [0.15, 0.2) is 36.4 Å². The quantitative estimate of drug-likeness (QED) is 0.454. The van der Waals surface area contributed by atoms with Gasteiger partial charge >= 0.3 is 0 Å². The minimum absolute atomic E-state index is 0.152. The molecule has 33 heavy (non-hydrogen) atoms. The molecule has 1 aliphatic rings. The summed E-state index contributed by atoms with van der Waals surface area (Å²) in [4.78, 5) is 42.8. The Kier molecular flexibility index (Phi) is 6.25. The number of rotatable bonds is 5. The molecular weight excluding hydrogens is 424 g/mol. The van der Waals surface area contributed by atoms with Crippen LogP contribution in [0, 0.1) is 17.0 Å². The number of hydrazine groups is 1. The molecule has 0 atom stereocenters. The zero-order valence-electron chi connectivity index (χ0n) is 18.6. The number of aryl methyl sites for hydroxylation is 2. The molecule has 0 radical (unpaired) electrons. The fourth-order valence-electron chi connectivity index (χ4n) is 4.27. The van der Waals surface area contributed by atoms with Crippen molar-refractivity contribution in [3.63, 3.8) is 0 Å². The predicted molar refractivity (Wildman–Crippen MR) is 124 cm³/mol. The number of nitrogens with zero attached hydrogens (tertiary/aromatic N) is 4. The van der Waals surface area contributed by atoms with Crippen molar-refractivity contribution >= 4 is 34.2 Å². The fourth-order valence-corrected chi connectivity index (χ4v) is 4.27. The molecule has 1 saturated heterocycles. The topological polar surface area (TPSA) is 122 Å². The van der Waals surface area contributed by atoms with Crippen LogP contribution in [0.5, 0.6) is 0 Å². The first-order valence-corrected chi connectivity index (χ1v) is 11.0. The minimum atomic E-state index is -0.611. The summed E-state index contributed by atoms with van der Waals surface area (Å²) < 4.78 is 2.04. The Morgan fingerprint density at radius 3 is 2.48 bits per heavy atom. The normalized spacial score (nSPS) is 13.7. The smallest absolute Gasteiger partial charge is 0.272 e. The highest BCUT2D eigenvalue weighted by Crippen LogP contribution is 2.28. The van der Waals surface area contributed by atoms with Crippen molar-refractivity contribution in [3.05, 3.63) is 63.5 Å². The van der Waals surface area contributed by atoms with Crippen LogP contribution in [0.2, 0.25) is 0 Å². The van der Waals surface area contributed by atoms with Crippen LogP contribution in [0.3, 0.4) is 0 Å². The maximum Gasteiger partial charge on any atom is 0.272 e. The molecule has 1 aliphatic heterocycles. The number of hydrogen-bond donors (Lipinski definition) is 2. The number of nitro groups is 1. The molecule has 2 aromatic carbocycles. The molecule has 4 rings (SSSR count). The highest BCUT2D eigenvalue weighted by atomic mass is 16.6. The first-order valence-electron chi connectivity index (χ1n) is 11.0. The van der Waals surface area contributed by atoms with Crippen molar-refractivity contribution in [2.45, 2.75) is 39.7 Å². The summed E-state index contributed by atoms with van der Waals surface area (Å²) >= 11 is 0. The van der Waals surface area contributed by atoms with Gasteiger partial charge in [-0.1, -0.05) is 0 Å². The Bertz CT molecular complexity index is 1230. The lowest BCUT2D eigenvalue weighted by Gasteiger charge is -2.30. The number of anilines is 1. The molecule has 3 aromatic rings. The van der Waals surface area contributed by atoms with Gasteiger partial charge in [-0.2, -0.15) is 0 Å². The van der Waals surface area contributed by atoms with Gasteiger partial charge in [0.2, 0.25) is 0 Å². The second kappa shape index (κ2) is 9.27. The van der Waals surface area contributed by atoms with E-state index < -0.39 is 16.7 Å². The number of hydrogen-bond acceptors (Lipinski definition) is 6. The molecule has 172 valence electrons. The summed E-state index contributed by atoms with van der Waals surface area (Å²) in [5.41, 5.74) is 7.38. The minimum Gasteiger partial charge on any atom is -0.371 e. The number of aromatic nitrogens is 2. The SMILES string of the molecule is CCn1c(C)nc2cc(C(=O)NNC(=O)c3cc([N+](=O)[O-])ccc3N3CCCCC3)ccc21. The van der Waals surface area contributed by atoms with Gasteiger partial charge in [0.1, 0.15) is 5.82 Å². The average Bonchev–Trinajstić information content (AvgIpc) is 3.16. The van der Waals surface area contributed by atoms with Gasteiger partial charge in [-0.3, -0.25) is 30.6 Å². The first-order chi connectivity index (χ1) is 15.9. The third kappa shape index (κ3) is 4.50. The summed E-state index contributed by atoms with van der Waals surface area (Å²) in [7, 11) is 0. The highest BCUT2D eigenvalue weighted by Gasteiger charge is 2.22. The third-order valence-electron chi connectivity index (χ3n) is 5.94. The number of carbonyl (C=O) groups is 2. The van der Waals surface area contributed by atoms with E-state index in [-0.39, 0.29) is 11.3 Å². The maximum absolute atomic E-state index is 12.9. The molecule has 1 aromatic heterocycles. The summed E-state index contributed by atoms with van der Waals surface area (Å²) in [6.45, 7) is 6.24. The molecule has 0 unspecified atom stereocenters. The van der Waals surface area contributed by atoms with Crippen LogP contribution in [0.4, 0.5) is 11.4 Å². The fraction of sp³-hybridized carbons (Fsp3) is 0.348. The molecule has 10 nitrogen and oxygen atoms in total. The van der Waals surface area contributed by atoms with Crippen LogP contribution < -0.4 is 15.8 Å². The number of nitro benzene ring substituents is 1. The number of piperidine rings is 1. The van der Waals surface area contributed by atoms with Crippen molar-refractivity contribution in [2.75, 3.05) is 18.0 Å². The third-order valence-corrected chi connectivity index (χ3v) is 5.94. The molecule has 2 N–H and O–H groups in total. The molecule has 2 heterocycles. The van der Waals surface area contributed by atoms with Gasteiger partial charge in [0.25, 0.3) is 17.5 Å². The molecule has 10 heteroatoms. The van der Waals surface area contributed by atoms with E-state index in [1.165, 1.54) is 12.1 Å². The number of nitrogens with one attached hydrogen (secondary N) is 2. The number of non-ortho nitro benzene ring substituents is 1. The predicted octanol–water partition coefficient (Wildman–Crippen LogP) is 3.34. The van der Waals surface area contributed by atoms with Gasteiger partial charge < -0.3 is 9.47 Å². The Balaban J connectivity index is 1.53. The first kappa shape index (κ1) is 22.3. The summed E-state index contributed by atoms with van der Waals surface area (Å²) in [6, 6.07) is 9.40. The van der Waals surface area contributed by atoms with Crippen LogP contribution >= 0.6 is 0 Å². The number of fused-ring (bicyclic) bond motifs is 1. The van der Waals surface area contributed by atoms with Crippen LogP contribution in [0.1, 0.15) is 52.7 Å². The standard InChI is InChI=1S/C23H26N6O4/c1-3-28-15(2)24-19-13-16(7-9-21(19)28)22(30)25-26-23(31)18-14-17(29(32)33)8-10-20(18)27-11-5-4-6-12-27/h7-10,13-14H,3-6,11-12H2,1-2H3,(H,25,30)(H,26,31). The largest absolute Gasteiger partial charge is 0.371 e. The van der Waals surface area contributed by atoms with E-state index in [2.05, 4.69) is 15.8 Å². The van der Waals surface area contributed by atoms with Gasteiger partial charge in [0, 0.05) is 37.3 Å². The lowest BCUT2D eigenvalue weighted by molar-refractivity contribution is -0.384. The van der Waals surface area contributed by atoms with Gasteiger partial charge in [-0.05, 0) is 57.4 Å². The van der Waals surface area contributed by atoms with E-state index in [1.807, 2.05) is 29.4 Å². The number of benzene rings is 2. The van der Waals surface area contributed by atoms with E-state index >= 15 is 0 Å². The average molecular weight is 450 g/mol. The lowest BCUT2D eigenvalue weighted by Crippen LogP contribution is -2.42. The van der Waals surface area contributed by atoms with E-state index in [0.29, 0.717) is 16.8 Å². The van der Waals surface area contributed by atoms with E-state index in [9.17, 15) is 19.7 Å². The second-order valence-corrected chi connectivity index (χ2v) is 8.02. The van der Waals surface area contributed by atoms with Crippen molar-refractivity contribution < 1.29 is 14.5 Å². The van der Waals surface area contributed by atoms with Gasteiger partial charge in [0.05, 0.1) is 27.2 Å². The Hall–Kier alpha value is -3.95. The van der Waals surface area contributed by atoms with Crippen molar-refractivity contribution in [1.29, 1.82) is 0 Å². The summed E-state index contributed by atoms with van der Waals surface area (Å²) in [5, 5.41) is 11.3. The molecule has 2 amide bonds. The monoisotopic (exact) mass is 450 g/mol. The Labute approximate surface area is 190 Å². The van der Waals surface area contributed by atoms with Crippen LogP contribution in [-0.2, 0) is 6.54 Å². The van der Waals surface area contributed by atoms with Crippen molar-refractivity contribution in [3.8, 4) is 0 Å². The number of imidazole rings is 1. The lowest BCUT2D eigenvalue weighted by atomic mass is 10.1. The van der Waals surface area contributed by atoms with Gasteiger partial charge in [-0.25, -0.2) is 4.98 Å². The zero-order chi connectivity index (χ0) is 23.5. The van der Waals surface area contributed by atoms with Crippen molar-refractivity contribution in [2.24, 2.45) is 0 Å². The van der Waals surface area contributed by atoms with Crippen LogP contribution in [0.25, 0.3) is 11.0 Å². The second-order valence-electron chi connectivity index (χ2n) is 8.02. The molecule has 0 bridgehead atoms. The maximum atomic E-state index is 12.9. The number of amides is 2. The Morgan fingerprint density at radius 1 is 1.06 bits per heavy atom. The van der Waals surface area contributed by atoms with E-state index in [0.717, 1.165) is 50.2 Å².